The highest BCUT2D eigenvalue weighted by atomic mass is 16.5. The van der Waals surface area contributed by atoms with E-state index >= 15 is 0 Å². The highest BCUT2D eigenvalue weighted by Crippen LogP contribution is 2.16. The largest absolute Gasteiger partial charge is 0.481 e. The van der Waals surface area contributed by atoms with Crippen LogP contribution in [0.1, 0.15) is 11.4 Å². The molecule has 0 spiro atoms. The van der Waals surface area contributed by atoms with E-state index in [-0.39, 0.29) is 0 Å². The molecule has 0 aliphatic carbocycles. The van der Waals surface area contributed by atoms with Gasteiger partial charge < -0.3 is 9.47 Å². The Morgan fingerprint density at radius 3 is 2.06 bits per heavy atom. The van der Waals surface area contributed by atoms with Crippen LogP contribution >= 0.6 is 0 Å². The van der Waals surface area contributed by atoms with E-state index in [9.17, 15) is 0 Å². The first kappa shape index (κ1) is 12.1. The van der Waals surface area contributed by atoms with Crippen molar-refractivity contribution in [3.63, 3.8) is 0 Å². The molecule has 0 saturated heterocycles. The maximum atomic E-state index is 5.08. The summed E-state index contributed by atoms with van der Waals surface area (Å²) in [7, 11) is 3.12. The Bertz CT molecular complexity index is 516. The number of ether oxygens (including phenoxy) is 2. The maximum Gasteiger partial charge on any atom is 0.220 e. The van der Waals surface area contributed by atoms with Crippen LogP contribution in [0, 0.1) is 0 Å². The van der Waals surface area contributed by atoms with Gasteiger partial charge >= 0.3 is 0 Å². The molecule has 0 aliphatic heterocycles. The van der Waals surface area contributed by atoms with Crippen molar-refractivity contribution < 1.29 is 9.47 Å². The lowest BCUT2D eigenvalue weighted by Gasteiger charge is -2.03. The molecule has 0 radical (unpaired) electrons. The Hall–Kier alpha value is -2.36. The summed E-state index contributed by atoms with van der Waals surface area (Å²) in [4.78, 5) is 8.43. The lowest BCUT2D eigenvalue weighted by Crippen LogP contribution is -1.96. The van der Waals surface area contributed by atoms with Gasteiger partial charge in [-0.25, -0.2) is 0 Å². The Labute approximate surface area is 106 Å². The Balaban J connectivity index is 2.25. The van der Waals surface area contributed by atoms with E-state index in [4.69, 9.17) is 9.47 Å². The minimum Gasteiger partial charge on any atom is -0.481 e. The number of hydrogen-bond donors (Lipinski definition) is 0. The topological polar surface area (TPSA) is 44.2 Å². The molecule has 1 aromatic carbocycles. The molecule has 2 aromatic rings. The van der Waals surface area contributed by atoms with E-state index in [2.05, 4.69) is 9.97 Å². The minimum atomic E-state index is 0.481. The minimum absolute atomic E-state index is 0.481. The van der Waals surface area contributed by atoms with Gasteiger partial charge in [-0.3, -0.25) is 0 Å². The zero-order valence-corrected chi connectivity index (χ0v) is 10.3. The Morgan fingerprint density at radius 1 is 0.889 bits per heavy atom. The molecule has 18 heavy (non-hydrogen) atoms. The summed E-state index contributed by atoms with van der Waals surface area (Å²) in [6, 6.07) is 11.6. The highest BCUT2D eigenvalue weighted by Gasteiger charge is 2.02. The van der Waals surface area contributed by atoms with E-state index in [1.54, 1.807) is 20.3 Å². The van der Waals surface area contributed by atoms with Gasteiger partial charge in [0.2, 0.25) is 11.8 Å². The van der Waals surface area contributed by atoms with Gasteiger partial charge in [-0.2, -0.15) is 9.97 Å². The van der Waals surface area contributed by atoms with Gasteiger partial charge in [0, 0.05) is 0 Å². The third kappa shape index (κ3) is 3.07. The molecule has 0 unspecified atom stereocenters. The van der Waals surface area contributed by atoms with Gasteiger partial charge in [0.25, 0.3) is 0 Å². The van der Waals surface area contributed by atoms with E-state index in [0.717, 1.165) is 5.56 Å². The van der Waals surface area contributed by atoms with Crippen molar-refractivity contribution in [1.82, 2.24) is 9.97 Å². The molecule has 0 N–H and O–H groups in total. The summed E-state index contributed by atoms with van der Waals surface area (Å²) in [5.74, 6) is 1.51. The van der Waals surface area contributed by atoms with Gasteiger partial charge in [-0.05, 0) is 11.6 Å². The summed E-state index contributed by atoms with van der Waals surface area (Å²) in [5.41, 5.74) is 1.09. The molecule has 4 heteroatoms. The van der Waals surface area contributed by atoms with Gasteiger partial charge in [-0.15, -0.1) is 0 Å². The molecule has 0 bridgehead atoms. The van der Waals surface area contributed by atoms with Gasteiger partial charge in [0.05, 0.1) is 20.3 Å². The van der Waals surface area contributed by atoms with Crippen molar-refractivity contribution in [3.05, 3.63) is 47.8 Å². The van der Waals surface area contributed by atoms with Crippen LogP contribution in [0.4, 0.5) is 0 Å². The van der Waals surface area contributed by atoms with E-state index in [1.807, 2.05) is 42.5 Å². The molecule has 4 nitrogen and oxygen atoms in total. The molecular formula is C14H14N2O2. The molecule has 92 valence electrons. The Kier molecular flexibility index (Phi) is 3.91. The lowest BCUT2D eigenvalue weighted by molar-refractivity contribution is 0.371. The number of benzene rings is 1. The van der Waals surface area contributed by atoms with Crippen LogP contribution in [-0.2, 0) is 0 Å². The summed E-state index contributed by atoms with van der Waals surface area (Å²) in [6.07, 6.45) is 3.76. The summed E-state index contributed by atoms with van der Waals surface area (Å²) < 4.78 is 10.2. The molecule has 0 aliphatic rings. The zero-order chi connectivity index (χ0) is 12.8. The molecule has 0 amide bonds. The first-order chi connectivity index (χ1) is 8.81. The zero-order valence-electron chi connectivity index (χ0n) is 10.3. The predicted octanol–water partition coefficient (Wildman–Crippen LogP) is 2.66. The monoisotopic (exact) mass is 242 g/mol. The van der Waals surface area contributed by atoms with Crippen molar-refractivity contribution in [2.24, 2.45) is 0 Å². The molecule has 0 fully saturated rings. The second-order valence-electron chi connectivity index (χ2n) is 3.55. The number of hydrogen-bond acceptors (Lipinski definition) is 4. The van der Waals surface area contributed by atoms with Crippen molar-refractivity contribution >= 4 is 12.2 Å². The second-order valence-corrected chi connectivity index (χ2v) is 3.55. The molecular weight excluding hydrogens is 228 g/mol. The highest BCUT2D eigenvalue weighted by molar-refractivity contribution is 5.66. The number of nitrogens with zero attached hydrogens (tertiary/aromatic N) is 2. The smallest absolute Gasteiger partial charge is 0.220 e. The van der Waals surface area contributed by atoms with Gasteiger partial charge in [0.15, 0.2) is 5.82 Å². The maximum absolute atomic E-state index is 5.08. The van der Waals surface area contributed by atoms with Crippen LogP contribution in [0.2, 0.25) is 0 Å². The summed E-state index contributed by atoms with van der Waals surface area (Å²) in [6.45, 7) is 0. The standard InChI is InChI=1S/C14H14N2O2/c1-17-13-10-14(18-2)16-12(15-13)9-8-11-6-4-3-5-7-11/h3-10H,1-2H3/b9-8+. The fraction of sp³-hybridized carbons (Fsp3) is 0.143. The first-order valence-corrected chi connectivity index (χ1v) is 5.52. The fourth-order valence-corrected chi connectivity index (χ4v) is 1.44. The Morgan fingerprint density at radius 2 is 1.50 bits per heavy atom. The van der Waals surface area contributed by atoms with E-state index in [0.29, 0.717) is 17.6 Å². The summed E-state index contributed by atoms with van der Waals surface area (Å²) >= 11 is 0. The first-order valence-electron chi connectivity index (χ1n) is 5.52. The van der Waals surface area contributed by atoms with Gasteiger partial charge in [0.1, 0.15) is 0 Å². The second kappa shape index (κ2) is 5.82. The number of rotatable bonds is 4. The van der Waals surface area contributed by atoms with Crippen LogP contribution in [-0.4, -0.2) is 24.2 Å². The molecule has 1 heterocycles. The average molecular weight is 242 g/mol. The van der Waals surface area contributed by atoms with Crippen molar-refractivity contribution in [1.29, 1.82) is 0 Å². The molecule has 0 atom stereocenters. The normalized spacial score (nSPS) is 10.6. The number of aromatic nitrogens is 2. The van der Waals surface area contributed by atoms with Crippen LogP contribution < -0.4 is 9.47 Å². The molecule has 0 saturated carbocycles. The quantitative estimate of drug-likeness (QED) is 0.826. The third-order valence-corrected chi connectivity index (χ3v) is 2.34. The molecule has 2 rings (SSSR count). The van der Waals surface area contributed by atoms with Crippen molar-refractivity contribution in [2.75, 3.05) is 14.2 Å². The summed E-state index contributed by atoms with van der Waals surface area (Å²) in [5, 5.41) is 0. The van der Waals surface area contributed by atoms with Crippen LogP contribution in [0.15, 0.2) is 36.4 Å². The average Bonchev–Trinajstić information content (AvgIpc) is 2.45. The predicted molar refractivity (Wildman–Crippen MR) is 70.5 cm³/mol. The third-order valence-electron chi connectivity index (χ3n) is 2.34. The van der Waals surface area contributed by atoms with Crippen molar-refractivity contribution in [3.8, 4) is 11.8 Å². The van der Waals surface area contributed by atoms with E-state index in [1.165, 1.54) is 0 Å². The fourth-order valence-electron chi connectivity index (χ4n) is 1.44. The molecule has 1 aromatic heterocycles. The lowest BCUT2D eigenvalue weighted by atomic mass is 10.2. The van der Waals surface area contributed by atoms with Gasteiger partial charge in [-0.1, -0.05) is 36.4 Å². The SMILES string of the molecule is COc1cc(OC)nc(/C=C/c2ccccc2)n1. The van der Waals surface area contributed by atoms with Crippen LogP contribution in [0.3, 0.4) is 0 Å². The van der Waals surface area contributed by atoms with Crippen LogP contribution in [0.25, 0.3) is 12.2 Å². The number of methoxy groups -OCH3 is 2. The van der Waals surface area contributed by atoms with Crippen molar-refractivity contribution in [2.45, 2.75) is 0 Å². The van der Waals surface area contributed by atoms with Crippen LogP contribution in [0.5, 0.6) is 11.8 Å². The van der Waals surface area contributed by atoms with E-state index < -0.39 is 0 Å².